The molecule has 0 radical (unpaired) electrons. The van der Waals surface area contributed by atoms with E-state index in [1.54, 1.807) is 0 Å². The zero-order valence-electron chi connectivity index (χ0n) is 26.8. The Bertz CT molecular complexity index is 752. The van der Waals surface area contributed by atoms with E-state index in [0.717, 1.165) is 44.9 Å². The molecule has 0 aromatic heterocycles. The quantitative estimate of drug-likeness (QED) is 0.0457. The van der Waals surface area contributed by atoms with Gasteiger partial charge >= 0.3 is 17.9 Å². The molecule has 0 fully saturated rings. The Labute approximate surface area is 255 Å². The van der Waals surface area contributed by atoms with Crippen LogP contribution in [0.5, 0.6) is 0 Å². The van der Waals surface area contributed by atoms with Crippen LogP contribution in [0.25, 0.3) is 0 Å². The van der Waals surface area contributed by atoms with Crippen molar-refractivity contribution in [2.75, 3.05) is 0 Å². The van der Waals surface area contributed by atoms with Crippen LogP contribution in [-0.4, -0.2) is 49.7 Å². The number of carboxylic acids is 3. The highest BCUT2D eigenvalue weighted by Crippen LogP contribution is 2.43. The van der Waals surface area contributed by atoms with Gasteiger partial charge in [-0.05, 0) is 12.8 Å². The smallest absolute Gasteiger partial charge is 0.338 e. The number of carbonyl (C=O) groups excluding carboxylic acids is 1. The van der Waals surface area contributed by atoms with Crippen LogP contribution >= 0.6 is 0 Å². The molecule has 0 spiro atoms. The Morgan fingerprint density at radius 2 is 0.810 bits per heavy atom. The van der Waals surface area contributed by atoms with E-state index in [2.05, 4.69) is 6.92 Å². The fraction of sp³-hybridized carbons (Fsp3) is 0.882. The highest BCUT2D eigenvalue weighted by atomic mass is 16.4. The molecule has 0 rings (SSSR count). The van der Waals surface area contributed by atoms with Crippen molar-refractivity contribution >= 4 is 23.7 Å². The standard InChI is InChI=1S/C34H62O8/c1-3-5-7-9-10-11-12-13-14-15-16-17-18-19-20-21-23-25-27-33(31(38)39,29(35)26-24-22-8-6-4-2)34(42,32(40)41)28-30(36)37/h42H,3-28H2,1-2H3,(H,36,37)(H,38,39)(H,40,41). The van der Waals surface area contributed by atoms with Crippen LogP contribution in [0, 0.1) is 5.41 Å². The van der Waals surface area contributed by atoms with E-state index < -0.39 is 47.5 Å². The van der Waals surface area contributed by atoms with E-state index in [1.165, 1.54) is 77.0 Å². The zero-order chi connectivity index (χ0) is 31.7. The first kappa shape index (κ1) is 40.0. The van der Waals surface area contributed by atoms with E-state index >= 15 is 0 Å². The van der Waals surface area contributed by atoms with Crippen LogP contribution in [0.15, 0.2) is 0 Å². The first-order valence-electron chi connectivity index (χ1n) is 17.0. The third kappa shape index (κ3) is 15.5. The van der Waals surface area contributed by atoms with Gasteiger partial charge in [-0.1, -0.05) is 155 Å². The van der Waals surface area contributed by atoms with Crippen LogP contribution in [0.4, 0.5) is 0 Å². The number of carboxylic acid groups (broad SMARTS) is 3. The zero-order valence-corrected chi connectivity index (χ0v) is 26.8. The summed E-state index contributed by atoms with van der Waals surface area (Å²) in [7, 11) is 0. The van der Waals surface area contributed by atoms with Crippen molar-refractivity contribution in [2.45, 2.75) is 186 Å². The molecule has 8 nitrogen and oxygen atoms in total. The number of aliphatic hydroxyl groups is 1. The van der Waals surface area contributed by atoms with Crippen molar-refractivity contribution in [3.8, 4) is 0 Å². The maximum absolute atomic E-state index is 13.3. The van der Waals surface area contributed by atoms with Gasteiger partial charge in [0.05, 0.1) is 6.42 Å². The summed E-state index contributed by atoms with van der Waals surface area (Å²) in [4.78, 5) is 49.3. The highest BCUT2D eigenvalue weighted by molar-refractivity contribution is 6.09. The number of hydrogen-bond acceptors (Lipinski definition) is 5. The van der Waals surface area contributed by atoms with Crippen molar-refractivity contribution in [3.63, 3.8) is 0 Å². The number of ketones is 1. The first-order chi connectivity index (χ1) is 20.1. The molecule has 4 N–H and O–H groups in total. The fourth-order valence-corrected chi connectivity index (χ4v) is 6.00. The molecule has 0 amide bonds. The van der Waals surface area contributed by atoms with E-state index in [9.17, 15) is 39.6 Å². The molecule has 246 valence electrons. The second-order valence-corrected chi connectivity index (χ2v) is 12.3. The Balaban J connectivity index is 4.61. The second kappa shape index (κ2) is 24.5. The Hall–Kier alpha value is -1.96. The summed E-state index contributed by atoms with van der Waals surface area (Å²) in [5.41, 5.74) is -5.92. The Morgan fingerprint density at radius 3 is 1.12 bits per heavy atom. The molecule has 0 aromatic carbocycles. The minimum atomic E-state index is -3.22. The Morgan fingerprint density at radius 1 is 0.476 bits per heavy atom. The highest BCUT2D eigenvalue weighted by Gasteiger charge is 2.65. The summed E-state index contributed by atoms with van der Waals surface area (Å²) in [6, 6.07) is 0. The molecule has 0 aliphatic carbocycles. The van der Waals surface area contributed by atoms with Gasteiger partial charge in [-0.15, -0.1) is 0 Å². The summed E-state index contributed by atoms with van der Waals surface area (Å²) in [5, 5.41) is 40.2. The molecule has 0 heterocycles. The normalized spacial score (nSPS) is 14.3. The van der Waals surface area contributed by atoms with E-state index in [1.807, 2.05) is 6.92 Å². The summed E-state index contributed by atoms with van der Waals surface area (Å²) in [5.74, 6) is -6.32. The van der Waals surface area contributed by atoms with Gasteiger partial charge < -0.3 is 20.4 Å². The molecule has 2 unspecified atom stereocenters. The van der Waals surface area contributed by atoms with Crippen LogP contribution in [0.3, 0.4) is 0 Å². The van der Waals surface area contributed by atoms with Gasteiger partial charge in [0.25, 0.3) is 0 Å². The maximum Gasteiger partial charge on any atom is 0.338 e. The van der Waals surface area contributed by atoms with Gasteiger partial charge in [0.15, 0.2) is 16.8 Å². The number of Topliss-reactive ketones (excluding diaryl/α,β-unsaturated/α-hetero) is 1. The summed E-state index contributed by atoms with van der Waals surface area (Å²) in [6.07, 6.45) is 22.6. The van der Waals surface area contributed by atoms with Crippen molar-refractivity contribution in [2.24, 2.45) is 5.41 Å². The minimum absolute atomic E-state index is 0.204. The van der Waals surface area contributed by atoms with Crippen molar-refractivity contribution in [3.05, 3.63) is 0 Å². The molecule has 0 saturated carbocycles. The van der Waals surface area contributed by atoms with Crippen molar-refractivity contribution < 1.29 is 39.6 Å². The molecular formula is C34H62O8. The van der Waals surface area contributed by atoms with Crippen molar-refractivity contribution in [1.82, 2.24) is 0 Å². The molecule has 0 saturated heterocycles. The third-order valence-electron chi connectivity index (χ3n) is 8.72. The third-order valence-corrected chi connectivity index (χ3v) is 8.72. The van der Waals surface area contributed by atoms with E-state index in [-0.39, 0.29) is 12.8 Å². The van der Waals surface area contributed by atoms with Gasteiger partial charge in [0.2, 0.25) is 0 Å². The predicted molar refractivity (Wildman–Crippen MR) is 167 cm³/mol. The predicted octanol–water partition coefficient (Wildman–Crippen LogP) is 8.71. The number of unbranched alkanes of at least 4 members (excludes halogenated alkanes) is 21. The molecule has 0 aliphatic rings. The molecule has 2 atom stereocenters. The van der Waals surface area contributed by atoms with Crippen molar-refractivity contribution in [1.29, 1.82) is 0 Å². The number of aliphatic carboxylic acids is 3. The largest absolute Gasteiger partial charge is 0.481 e. The SMILES string of the molecule is CCCCCCCCCCCCCCCCCCCCC(C(=O)O)(C(=O)CCCCCCC)C(O)(CC(=O)O)C(=O)O. The van der Waals surface area contributed by atoms with Crippen LogP contribution < -0.4 is 0 Å². The lowest BCUT2D eigenvalue weighted by Gasteiger charge is -2.39. The lowest BCUT2D eigenvalue weighted by molar-refractivity contribution is -0.196. The summed E-state index contributed by atoms with van der Waals surface area (Å²) in [6.45, 7) is 4.29. The number of hydrogen-bond donors (Lipinski definition) is 4. The molecule has 0 aliphatic heterocycles. The average molecular weight is 599 g/mol. The fourth-order valence-electron chi connectivity index (χ4n) is 6.00. The van der Waals surface area contributed by atoms with Gasteiger partial charge in [-0.2, -0.15) is 0 Å². The van der Waals surface area contributed by atoms with E-state index in [4.69, 9.17) is 0 Å². The number of rotatable bonds is 31. The first-order valence-corrected chi connectivity index (χ1v) is 17.0. The molecular weight excluding hydrogens is 536 g/mol. The average Bonchev–Trinajstić information content (AvgIpc) is 2.93. The number of carbonyl (C=O) groups is 4. The summed E-state index contributed by atoms with van der Waals surface area (Å²) < 4.78 is 0. The topological polar surface area (TPSA) is 149 Å². The minimum Gasteiger partial charge on any atom is -0.481 e. The lowest BCUT2D eigenvalue weighted by atomic mass is 9.63. The Kier molecular flexibility index (Phi) is 23.3. The van der Waals surface area contributed by atoms with Crippen LogP contribution in [0.1, 0.15) is 181 Å². The summed E-state index contributed by atoms with van der Waals surface area (Å²) >= 11 is 0. The molecule has 42 heavy (non-hydrogen) atoms. The molecule has 8 heteroatoms. The molecule has 0 bridgehead atoms. The van der Waals surface area contributed by atoms with Gasteiger partial charge in [-0.3, -0.25) is 14.4 Å². The monoisotopic (exact) mass is 598 g/mol. The van der Waals surface area contributed by atoms with Crippen LogP contribution in [0.2, 0.25) is 0 Å². The van der Waals surface area contributed by atoms with Gasteiger partial charge in [0.1, 0.15) is 0 Å². The lowest BCUT2D eigenvalue weighted by Crippen LogP contribution is -2.63. The van der Waals surface area contributed by atoms with Gasteiger partial charge in [-0.25, -0.2) is 4.79 Å². The maximum atomic E-state index is 13.3. The second-order valence-electron chi connectivity index (χ2n) is 12.3. The van der Waals surface area contributed by atoms with E-state index in [0.29, 0.717) is 19.3 Å². The van der Waals surface area contributed by atoms with Crippen LogP contribution in [-0.2, 0) is 19.2 Å². The molecule has 0 aromatic rings. The van der Waals surface area contributed by atoms with Gasteiger partial charge in [0, 0.05) is 6.42 Å².